The van der Waals surface area contributed by atoms with Crippen LogP contribution in [0, 0.1) is 0 Å². The topological polar surface area (TPSA) is 62.3 Å². The Morgan fingerprint density at radius 1 is 1.20 bits per heavy atom. The van der Waals surface area contributed by atoms with Gasteiger partial charge in [0.05, 0.1) is 31.3 Å². The molecule has 0 saturated heterocycles. The molecule has 0 saturated carbocycles. The minimum absolute atomic E-state index is 0.272. The Hall–Kier alpha value is -2.01. The molecule has 5 nitrogen and oxygen atoms in total. The summed E-state index contributed by atoms with van der Waals surface area (Å²) in [6, 6.07) is 5.50. The van der Waals surface area contributed by atoms with Crippen molar-refractivity contribution in [2.75, 3.05) is 13.2 Å². The average molecular weight is 275 g/mol. The van der Waals surface area contributed by atoms with E-state index in [4.69, 9.17) is 15.2 Å². The van der Waals surface area contributed by atoms with Crippen LogP contribution in [0.2, 0.25) is 0 Å². The molecule has 1 aromatic heterocycles. The smallest absolute Gasteiger partial charge is 0.161 e. The second kappa shape index (κ2) is 6.43. The van der Waals surface area contributed by atoms with Crippen LogP contribution in [0.15, 0.2) is 30.7 Å². The summed E-state index contributed by atoms with van der Waals surface area (Å²) < 4.78 is 13.0. The predicted octanol–water partition coefficient (Wildman–Crippen LogP) is 2.27. The fourth-order valence-corrected chi connectivity index (χ4v) is 2.03. The first-order valence-electron chi connectivity index (χ1n) is 6.78. The van der Waals surface area contributed by atoms with Gasteiger partial charge in [0.2, 0.25) is 0 Å². The van der Waals surface area contributed by atoms with Crippen LogP contribution in [-0.2, 0) is 7.05 Å². The van der Waals surface area contributed by atoms with E-state index in [2.05, 4.69) is 4.98 Å². The van der Waals surface area contributed by atoms with Crippen molar-refractivity contribution in [3.63, 3.8) is 0 Å². The summed E-state index contributed by atoms with van der Waals surface area (Å²) in [7, 11) is 1.92. The Morgan fingerprint density at radius 2 is 1.90 bits per heavy atom. The van der Waals surface area contributed by atoms with Crippen LogP contribution >= 0.6 is 0 Å². The lowest BCUT2D eigenvalue weighted by atomic mass is 10.0. The molecule has 2 N–H and O–H groups in total. The molecule has 1 atom stereocenters. The summed E-state index contributed by atoms with van der Waals surface area (Å²) in [6.07, 6.45) is 3.66. The van der Waals surface area contributed by atoms with E-state index in [1.807, 2.05) is 49.9 Å². The highest BCUT2D eigenvalue weighted by Gasteiger charge is 2.14. The summed E-state index contributed by atoms with van der Waals surface area (Å²) in [4.78, 5) is 4.29. The van der Waals surface area contributed by atoms with E-state index in [0.29, 0.717) is 13.2 Å². The summed E-state index contributed by atoms with van der Waals surface area (Å²) >= 11 is 0. The Bertz CT molecular complexity index is 566. The van der Waals surface area contributed by atoms with Gasteiger partial charge in [-0.15, -0.1) is 0 Å². The number of nitrogens with zero attached hydrogens (tertiary/aromatic N) is 2. The van der Waals surface area contributed by atoms with Gasteiger partial charge in [-0.1, -0.05) is 6.07 Å². The van der Waals surface area contributed by atoms with Gasteiger partial charge >= 0.3 is 0 Å². The van der Waals surface area contributed by atoms with Crippen molar-refractivity contribution < 1.29 is 9.47 Å². The van der Waals surface area contributed by atoms with Gasteiger partial charge in [0.15, 0.2) is 11.5 Å². The molecule has 1 heterocycles. The molecule has 0 bridgehead atoms. The molecule has 0 spiro atoms. The van der Waals surface area contributed by atoms with Crippen LogP contribution in [0.5, 0.6) is 11.5 Å². The first kappa shape index (κ1) is 14.4. The summed E-state index contributed by atoms with van der Waals surface area (Å²) in [5.74, 6) is 1.46. The zero-order valence-electron chi connectivity index (χ0n) is 12.2. The number of ether oxygens (including phenoxy) is 2. The van der Waals surface area contributed by atoms with E-state index in [1.54, 1.807) is 6.33 Å². The van der Waals surface area contributed by atoms with Gasteiger partial charge < -0.3 is 19.8 Å². The minimum Gasteiger partial charge on any atom is -0.490 e. The van der Waals surface area contributed by atoms with Gasteiger partial charge in [-0.25, -0.2) is 4.98 Å². The van der Waals surface area contributed by atoms with E-state index >= 15 is 0 Å². The van der Waals surface area contributed by atoms with Gasteiger partial charge in [0, 0.05) is 13.2 Å². The maximum Gasteiger partial charge on any atom is 0.161 e. The summed E-state index contributed by atoms with van der Waals surface area (Å²) in [5.41, 5.74) is 8.03. The number of hydrogen-bond acceptors (Lipinski definition) is 4. The van der Waals surface area contributed by atoms with E-state index in [1.165, 1.54) is 0 Å². The van der Waals surface area contributed by atoms with Gasteiger partial charge in [-0.2, -0.15) is 0 Å². The predicted molar refractivity (Wildman–Crippen MR) is 78.0 cm³/mol. The average Bonchev–Trinajstić information content (AvgIpc) is 2.87. The van der Waals surface area contributed by atoms with E-state index in [-0.39, 0.29) is 6.04 Å². The highest BCUT2D eigenvalue weighted by Crippen LogP contribution is 2.31. The minimum atomic E-state index is -0.272. The van der Waals surface area contributed by atoms with Crippen molar-refractivity contribution in [3.8, 4) is 11.5 Å². The lowest BCUT2D eigenvalue weighted by Crippen LogP contribution is -2.12. The number of rotatable bonds is 6. The molecule has 2 aromatic rings. The summed E-state index contributed by atoms with van der Waals surface area (Å²) in [6.45, 7) is 5.08. The van der Waals surface area contributed by atoms with Crippen molar-refractivity contribution in [1.82, 2.24) is 9.55 Å². The van der Waals surface area contributed by atoms with Gasteiger partial charge in [-0.3, -0.25) is 0 Å². The second-order valence-corrected chi connectivity index (χ2v) is 4.51. The van der Waals surface area contributed by atoms with Gasteiger partial charge in [0.1, 0.15) is 0 Å². The molecule has 5 heteroatoms. The third-order valence-electron chi connectivity index (χ3n) is 2.97. The highest BCUT2D eigenvalue weighted by atomic mass is 16.5. The largest absolute Gasteiger partial charge is 0.490 e. The van der Waals surface area contributed by atoms with E-state index < -0.39 is 0 Å². The third kappa shape index (κ3) is 3.11. The molecule has 0 amide bonds. The Kier molecular flexibility index (Phi) is 4.63. The maximum absolute atomic E-state index is 6.25. The molecule has 2 rings (SSSR count). The Morgan fingerprint density at radius 3 is 2.50 bits per heavy atom. The normalized spacial score (nSPS) is 12.2. The number of aryl methyl sites for hydroxylation is 1. The lowest BCUT2D eigenvalue weighted by Gasteiger charge is -2.15. The van der Waals surface area contributed by atoms with Gasteiger partial charge in [-0.05, 0) is 31.5 Å². The molecule has 0 aliphatic heterocycles. The van der Waals surface area contributed by atoms with E-state index in [9.17, 15) is 0 Å². The Labute approximate surface area is 119 Å². The number of aromatic nitrogens is 2. The quantitative estimate of drug-likeness (QED) is 0.878. The fourth-order valence-electron chi connectivity index (χ4n) is 2.03. The lowest BCUT2D eigenvalue weighted by molar-refractivity contribution is 0.287. The third-order valence-corrected chi connectivity index (χ3v) is 2.97. The number of hydrogen-bond donors (Lipinski definition) is 1. The van der Waals surface area contributed by atoms with Crippen molar-refractivity contribution >= 4 is 0 Å². The van der Waals surface area contributed by atoms with Crippen LogP contribution in [0.25, 0.3) is 0 Å². The molecule has 1 aromatic carbocycles. The first-order chi connectivity index (χ1) is 9.65. The molecule has 108 valence electrons. The second-order valence-electron chi connectivity index (χ2n) is 4.51. The molecule has 20 heavy (non-hydrogen) atoms. The van der Waals surface area contributed by atoms with Crippen molar-refractivity contribution in [2.24, 2.45) is 12.8 Å². The SMILES string of the molecule is CCOc1ccc(C(N)c2cn(C)cn2)cc1OCC. The monoisotopic (exact) mass is 275 g/mol. The Balaban J connectivity index is 2.29. The highest BCUT2D eigenvalue weighted by molar-refractivity contribution is 5.45. The number of imidazole rings is 1. The van der Waals surface area contributed by atoms with Crippen LogP contribution in [-0.4, -0.2) is 22.8 Å². The van der Waals surface area contributed by atoms with Crippen LogP contribution in [0.3, 0.4) is 0 Å². The molecular weight excluding hydrogens is 254 g/mol. The standard InChI is InChI=1S/C15H21N3O2/c1-4-19-13-7-6-11(8-14(13)20-5-2)15(16)12-9-18(3)10-17-12/h6-10,15H,4-5,16H2,1-3H3. The van der Waals surface area contributed by atoms with E-state index in [0.717, 1.165) is 22.8 Å². The maximum atomic E-state index is 6.25. The number of benzene rings is 1. The van der Waals surface area contributed by atoms with Crippen molar-refractivity contribution in [3.05, 3.63) is 42.0 Å². The van der Waals surface area contributed by atoms with Gasteiger partial charge in [0.25, 0.3) is 0 Å². The van der Waals surface area contributed by atoms with Crippen molar-refractivity contribution in [1.29, 1.82) is 0 Å². The van der Waals surface area contributed by atoms with Crippen LogP contribution in [0.1, 0.15) is 31.1 Å². The molecular formula is C15H21N3O2. The zero-order chi connectivity index (χ0) is 14.5. The first-order valence-corrected chi connectivity index (χ1v) is 6.78. The zero-order valence-corrected chi connectivity index (χ0v) is 12.2. The molecule has 0 fully saturated rings. The molecule has 0 radical (unpaired) electrons. The fraction of sp³-hybridized carbons (Fsp3) is 0.400. The molecule has 0 aliphatic rings. The van der Waals surface area contributed by atoms with Crippen LogP contribution in [0.4, 0.5) is 0 Å². The molecule has 1 unspecified atom stereocenters. The molecule has 0 aliphatic carbocycles. The van der Waals surface area contributed by atoms with Crippen LogP contribution < -0.4 is 15.2 Å². The number of nitrogens with two attached hydrogens (primary N) is 1. The van der Waals surface area contributed by atoms with Crippen molar-refractivity contribution in [2.45, 2.75) is 19.9 Å². The summed E-state index contributed by atoms with van der Waals surface area (Å²) in [5, 5.41) is 0.